The van der Waals surface area contributed by atoms with E-state index in [4.69, 9.17) is 32.7 Å². The van der Waals surface area contributed by atoms with Crippen LogP contribution in [0.15, 0.2) is 18.2 Å². The fraction of sp³-hybridized carbons (Fsp3) is 0.467. The smallest absolute Gasteiger partial charge is 0.313 e. The molecule has 2 heterocycles. The maximum absolute atomic E-state index is 12.2. The molecule has 23 heavy (non-hydrogen) atoms. The van der Waals surface area contributed by atoms with Crippen molar-refractivity contribution in [3.05, 3.63) is 28.2 Å². The SMILES string of the molecule is O=C(Nc1ccc(Cl)c(Cl)c1)C(=O)N1CCC2(CC1)OCCO2. The molecule has 124 valence electrons. The minimum atomic E-state index is -0.701. The first kappa shape index (κ1) is 16.5. The van der Waals surface area contributed by atoms with Crippen LogP contribution in [0.1, 0.15) is 12.8 Å². The number of rotatable bonds is 1. The number of carbonyl (C=O) groups excluding carboxylic acids is 2. The van der Waals surface area contributed by atoms with E-state index in [-0.39, 0.29) is 0 Å². The van der Waals surface area contributed by atoms with E-state index in [2.05, 4.69) is 5.32 Å². The lowest BCUT2D eigenvalue weighted by Gasteiger charge is -2.37. The quantitative estimate of drug-likeness (QED) is 0.782. The molecular formula is C15H16Cl2N2O4. The second-order valence-corrected chi connectivity index (χ2v) is 6.30. The zero-order valence-corrected chi connectivity index (χ0v) is 13.8. The van der Waals surface area contributed by atoms with E-state index in [1.165, 1.54) is 11.0 Å². The van der Waals surface area contributed by atoms with E-state index in [1.807, 2.05) is 0 Å². The Bertz CT molecular complexity index is 622. The van der Waals surface area contributed by atoms with Crippen molar-refractivity contribution in [1.29, 1.82) is 0 Å². The number of amides is 2. The Morgan fingerprint density at radius 1 is 1.09 bits per heavy atom. The van der Waals surface area contributed by atoms with E-state index in [0.717, 1.165) is 0 Å². The molecule has 1 aromatic rings. The van der Waals surface area contributed by atoms with Gasteiger partial charge in [-0.2, -0.15) is 0 Å². The Balaban J connectivity index is 1.57. The van der Waals surface area contributed by atoms with Gasteiger partial charge in [-0.1, -0.05) is 23.2 Å². The van der Waals surface area contributed by atoms with Gasteiger partial charge in [0.15, 0.2) is 5.79 Å². The van der Waals surface area contributed by atoms with Crippen LogP contribution in [-0.4, -0.2) is 48.8 Å². The van der Waals surface area contributed by atoms with Crippen LogP contribution in [0.2, 0.25) is 10.0 Å². The van der Waals surface area contributed by atoms with Crippen LogP contribution in [0, 0.1) is 0 Å². The standard InChI is InChI=1S/C15H16Cl2N2O4/c16-11-2-1-10(9-12(11)17)18-13(20)14(21)19-5-3-15(4-6-19)22-7-8-23-15/h1-2,9H,3-8H2,(H,18,20). The second kappa shape index (κ2) is 6.65. The van der Waals surface area contributed by atoms with E-state index in [1.54, 1.807) is 12.1 Å². The van der Waals surface area contributed by atoms with Gasteiger partial charge in [0.1, 0.15) is 0 Å². The molecule has 0 aromatic heterocycles. The van der Waals surface area contributed by atoms with Crippen molar-refractivity contribution in [2.45, 2.75) is 18.6 Å². The van der Waals surface area contributed by atoms with Crippen molar-refractivity contribution in [2.24, 2.45) is 0 Å². The number of benzene rings is 1. The molecular weight excluding hydrogens is 343 g/mol. The number of anilines is 1. The van der Waals surface area contributed by atoms with Gasteiger partial charge in [0.05, 0.1) is 23.3 Å². The van der Waals surface area contributed by atoms with E-state index in [0.29, 0.717) is 54.9 Å². The highest BCUT2D eigenvalue weighted by atomic mass is 35.5. The first-order valence-corrected chi connectivity index (χ1v) is 8.08. The molecule has 0 aliphatic carbocycles. The zero-order valence-electron chi connectivity index (χ0n) is 12.3. The van der Waals surface area contributed by atoms with Crippen LogP contribution in [0.25, 0.3) is 0 Å². The van der Waals surface area contributed by atoms with Crippen LogP contribution >= 0.6 is 23.2 Å². The minimum Gasteiger partial charge on any atom is -0.347 e. The first-order chi connectivity index (χ1) is 11.0. The fourth-order valence-electron chi connectivity index (χ4n) is 2.74. The predicted molar refractivity (Wildman–Crippen MR) is 85.5 cm³/mol. The van der Waals surface area contributed by atoms with Crippen molar-refractivity contribution in [3.63, 3.8) is 0 Å². The maximum atomic E-state index is 12.2. The third kappa shape index (κ3) is 3.61. The summed E-state index contributed by atoms with van der Waals surface area (Å²) in [5.74, 6) is -1.85. The molecule has 2 fully saturated rings. The number of likely N-dealkylation sites (tertiary alicyclic amines) is 1. The number of piperidine rings is 1. The summed E-state index contributed by atoms with van der Waals surface area (Å²) in [7, 11) is 0. The van der Waals surface area contributed by atoms with Crippen LogP contribution in [0.3, 0.4) is 0 Å². The topological polar surface area (TPSA) is 67.9 Å². The summed E-state index contributed by atoms with van der Waals surface area (Å²) < 4.78 is 11.2. The largest absolute Gasteiger partial charge is 0.347 e. The van der Waals surface area contributed by atoms with Crippen LogP contribution in [-0.2, 0) is 19.1 Å². The summed E-state index contributed by atoms with van der Waals surface area (Å²) in [5.41, 5.74) is 0.425. The predicted octanol–water partition coefficient (Wildman–Crippen LogP) is 2.30. The second-order valence-electron chi connectivity index (χ2n) is 5.48. The summed E-state index contributed by atoms with van der Waals surface area (Å²) in [6.45, 7) is 2.00. The number of hydrogen-bond donors (Lipinski definition) is 1. The Morgan fingerprint density at radius 3 is 2.35 bits per heavy atom. The van der Waals surface area contributed by atoms with Crippen molar-refractivity contribution < 1.29 is 19.1 Å². The summed E-state index contributed by atoms with van der Waals surface area (Å²) >= 11 is 11.7. The summed E-state index contributed by atoms with van der Waals surface area (Å²) in [5, 5.41) is 3.23. The van der Waals surface area contributed by atoms with Gasteiger partial charge in [0, 0.05) is 31.6 Å². The van der Waals surface area contributed by atoms with Crippen molar-refractivity contribution in [3.8, 4) is 0 Å². The van der Waals surface area contributed by atoms with Gasteiger partial charge in [-0.05, 0) is 18.2 Å². The minimum absolute atomic E-state index is 0.312. The highest BCUT2D eigenvalue weighted by molar-refractivity contribution is 6.42. The highest BCUT2D eigenvalue weighted by Crippen LogP contribution is 2.31. The fourth-order valence-corrected chi connectivity index (χ4v) is 3.04. The number of nitrogens with one attached hydrogen (secondary N) is 1. The molecule has 2 aliphatic rings. The lowest BCUT2D eigenvalue weighted by Crippen LogP contribution is -2.50. The molecule has 0 atom stereocenters. The van der Waals surface area contributed by atoms with Crippen LogP contribution in [0.4, 0.5) is 5.69 Å². The van der Waals surface area contributed by atoms with Gasteiger partial charge in [0.2, 0.25) is 0 Å². The molecule has 3 rings (SSSR count). The molecule has 2 amide bonds. The van der Waals surface area contributed by atoms with Gasteiger partial charge in [0.25, 0.3) is 0 Å². The van der Waals surface area contributed by atoms with Gasteiger partial charge in [-0.25, -0.2) is 0 Å². The third-order valence-corrected chi connectivity index (χ3v) is 4.74. The molecule has 0 unspecified atom stereocenters. The first-order valence-electron chi connectivity index (χ1n) is 7.32. The molecule has 1 N–H and O–H groups in total. The molecule has 8 heteroatoms. The lowest BCUT2D eigenvalue weighted by atomic mass is 10.0. The number of hydrogen-bond acceptors (Lipinski definition) is 4. The normalized spacial score (nSPS) is 19.8. The number of ether oxygens (including phenoxy) is 2. The van der Waals surface area contributed by atoms with Gasteiger partial charge < -0.3 is 19.7 Å². The molecule has 0 bridgehead atoms. The summed E-state index contributed by atoms with van der Waals surface area (Å²) in [6.07, 6.45) is 1.14. The van der Waals surface area contributed by atoms with Crippen LogP contribution < -0.4 is 5.32 Å². The lowest BCUT2D eigenvalue weighted by molar-refractivity contribution is -0.187. The molecule has 0 radical (unpaired) electrons. The Labute approximate surface area is 143 Å². The van der Waals surface area contributed by atoms with Gasteiger partial charge >= 0.3 is 11.8 Å². The zero-order chi connectivity index (χ0) is 16.4. The van der Waals surface area contributed by atoms with Crippen molar-refractivity contribution in [2.75, 3.05) is 31.6 Å². The molecule has 1 aromatic carbocycles. The number of halogens is 2. The van der Waals surface area contributed by atoms with E-state index in [9.17, 15) is 9.59 Å². The molecule has 1 spiro atoms. The Hall–Kier alpha value is -1.34. The molecule has 2 aliphatic heterocycles. The summed E-state index contributed by atoms with van der Waals surface area (Å²) in [6, 6.07) is 4.65. The van der Waals surface area contributed by atoms with E-state index < -0.39 is 17.6 Å². The monoisotopic (exact) mass is 358 g/mol. The third-order valence-electron chi connectivity index (χ3n) is 4.00. The number of nitrogens with zero attached hydrogens (tertiary/aromatic N) is 1. The molecule has 2 saturated heterocycles. The number of carbonyl (C=O) groups is 2. The molecule has 0 saturated carbocycles. The Morgan fingerprint density at radius 2 is 1.74 bits per heavy atom. The Kier molecular flexibility index (Phi) is 4.77. The van der Waals surface area contributed by atoms with Crippen molar-refractivity contribution in [1.82, 2.24) is 4.90 Å². The highest BCUT2D eigenvalue weighted by Gasteiger charge is 2.41. The summed E-state index contributed by atoms with van der Waals surface area (Å²) in [4.78, 5) is 25.8. The van der Waals surface area contributed by atoms with Gasteiger partial charge in [-0.15, -0.1) is 0 Å². The van der Waals surface area contributed by atoms with E-state index >= 15 is 0 Å². The average molecular weight is 359 g/mol. The molecule has 6 nitrogen and oxygen atoms in total. The van der Waals surface area contributed by atoms with Crippen molar-refractivity contribution >= 4 is 40.7 Å². The van der Waals surface area contributed by atoms with Gasteiger partial charge in [-0.3, -0.25) is 9.59 Å². The maximum Gasteiger partial charge on any atom is 0.313 e. The van der Waals surface area contributed by atoms with Crippen LogP contribution in [0.5, 0.6) is 0 Å². The average Bonchev–Trinajstić information content (AvgIpc) is 2.99.